The summed E-state index contributed by atoms with van der Waals surface area (Å²) in [4.78, 5) is 7.84. The van der Waals surface area contributed by atoms with Crippen LogP contribution in [-0.4, -0.2) is 15.1 Å². The van der Waals surface area contributed by atoms with Crippen molar-refractivity contribution in [3.8, 4) is 11.5 Å². The topological polar surface area (TPSA) is 107 Å². The summed E-state index contributed by atoms with van der Waals surface area (Å²) in [7, 11) is 0. The number of phenols is 1. The minimum atomic E-state index is 0. The first-order valence-corrected chi connectivity index (χ1v) is 13.5. The molecule has 221 valence electrons. The van der Waals surface area contributed by atoms with Crippen molar-refractivity contribution in [2.75, 3.05) is 11.5 Å². The molecular weight excluding hydrogens is 571 g/mol. The molecule has 4 aromatic carbocycles. The van der Waals surface area contributed by atoms with E-state index in [-0.39, 0.29) is 26.0 Å². The summed E-state index contributed by atoms with van der Waals surface area (Å²) >= 11 is 0. The average Bonchev–Trinajstić information content (AvgIpc) is 3.00. The van der Waals surface area contributed by atoms with Crippen LogP contribution in [0, 0.1) is 21.3 Å². The Morgan fingerprint density at radius 3 is 1.67 bits per heavy atom. The summed E-state index contributed by atoms with van der Waals surface area (Å²) in [5, 5.41) is 13.9. The summed E-state index contributed by atoms with van der Waals surface area (Å²) in [5.74, 6) is 2.37. The number of anilines is 2. The van der Waals surface area contributed by atoms with E-state index in [1.807, 2.05) is 79.7 Å². The van der Waals surface area contributed by atoms with Crippen LogP contribution in [0.15, 0.2) is 109 Å². The van der Waals surface area contributed by atoms with Gasteiger partial charge in [0.25, 0.3) is 0 Å². The van der Waals surface area contributed by atoms with E-state index in [2.05, 4.69) is 42.0 Å². The van der Waals surface area contributed by atoms with Crippen LogP contribution in [0.5, 0.6) is 11.5 Å². The smallest absolute Gasteiger partial charge is 0.127 e. The molecule has 0 amide bonds. The second kappa shape index (κ2) is 16.8. The van der Waals surface area contributed by atoms with Crippen molar-refractivity contribution in [2.24, 2.45) is 0 Å². The van der Waals surface area contributed by atoms with Gasteiger partial charge in [0, 0.05) is 41.7 Å². The van der Waals surface area contributed by atoms with Crippen LogP contribution in [-0.2, 0) is 31.6 Å². The molecule has 2 aromatic heterocycles. The number of hydrogen-bond donors (Lipinski definition) is 3. The number of ether oxygens (including phenoxy) is 1. The van der Waals surface area contributed by atoms with Gasteiger partial charge in [-0.1, -0.05) is 67.6 Å². The first kappa shape index (κ1) is 34.7. The molecule has 6 aromatic rings. The van der Waals surface area contributed by atoms with E-state index in [9.17, 15) is 5.11 Å². The number of phenolic OH excluding ortho intramolecular Hbond substituents is 1. The number of nitrogen functional groups attached to an aromatic ring is 2. The quantitative estimate of drug-likeness (QED) is 0.174. The molecule has 5 N–H and O–H groups in total. The van der Waals surface area contributed by atoms with Gasteiger partial charge < -0.3 is 28.7 Å². The van der Waals surface area contributed by atoms with Gasteiger partial charge in [-0.15, -0.1) is 0 Å². The first-order valence-electron chi connectivity index (χ1n) is 13.5. The summed E-state index contributed by atoms with van der Waals surface area (Å²) < 4.78 is 5.93. The van der Waals surface area contributed by atoms with Crippen LogP contribution in [0.3, 0.4) is 0 Å². The van der Waals surface area contributed by atoms with Crippen molar-refractivity contribution < 1.29 is 28.4 Å². The Balaban J connectivity index is 0.000000241. The Labute approximate surface area is 266 Å². The monoisotopic (exact) mass is 610 g/mol. The van der Waals surface area contributed by atoms with E-state index in [1.54, 1.807) is 18.5 Å². The molecule has 0 saturated heterocycles. The number of pyridine rings is 2. The largest absolute Gasteiger partial charge is 0.507 e. The van der Waals surface area contributed by atoms with Gasteiger partial charge in [0.05, 0.1) is 0 Å². The van der Waals surface area contributed by atoms with Crippen LogP contribution < -0.4 is 16.2 Å². The maximum absolute atomic E-state index is 9.50. The van der Waals surface area contributed by atoms with Crippen molar-refractivity contribution in [3.05, 3.63) is 139 Å². The molecular formula is C36H39N4O2V-. The second-order valence-corrected chi connectivity index (χ2v) is 9.69. The van der Waals surface area contributed by atoms with E-state index in [0.717, 1.165) is 33.9 Å². The van der Waals surface area contributed by atoms with Crippen LogP contribution in [0.1, 0.15) is 29.2 Å². The fourth-order valence-electron chi connectivity index (χ4n) is 4.44. The number of benzene rings is 4. The molecule has 0 aliphatic carbocycles. The van der Waals surface area contributed by atoms with Crippen molar-refractivity contribution in [2.45, 2.75) is 33.8 Å². The van der Waals surface area contributed by atoms with E-state index in [1.165, 1.54) is 22.1 Å². The molecule has 6 nitrogen and oxygen atoms in total. The van der Waals surface area contributed by atoms with Crippen LogP contribution in [0.4, 0.5) is 11.6 Å². The summed E-state index contributed by atoms with van der Waals surface area (Å²) in [6, 6.07) is 31.5. The van der Waals surface area contributed by atoms with Crippen molar-refractivity contribution in [3.63, 3.8) is 0 Å². The third-order valence-corrected chi connectivity index (χ3v) is 6.71. The Morgan fingerprint density at radius 1 is 0.651 bits per heavy atom. The summed E-state index contributed by atoms with van der Waals surface area (Å²) in [5.41, 5.74) is 15.8. The molecule has 0 spiro atoms. The Morgan fingerprint density at radius 2 is 1.14 bits per heavy atom. The van der Waals surface area contributed by atoms with E-state index >= 15 is 0 Å². The Hall–Kier alpha value is -4.52. The molecule has 6 rings (SSSR count). The molecule has 43 heavy (non-hydrogen) atoms. The molecule has 0 aliphatic heterocycles. The number of aromatic nitrogens is 2. The molecule has 0 atom stereocenters. The molecule has 0 unspecified atom stereocenters. The second-order valence-electron chi connectivity index (χ2n) is 9.69. The van der Waals surface area contributed by atoms with Gasteiger partial charge in [-0.25, -0.2) is 9.97 Å². The minimum absolute atomic E-state index is 0. The molecule has 0 bridgehead atoms. The maximum Gasteiger partial charge on any atom is 0.127 e. The van der Waals surface area contributed by atoms with Gasteiger partial charge >= 0.3 is 0 Å². The molecule has 0 saturated carbocycles. The van der Waals surface area contributed by atoms with Gasteiger partial charge in [-0.05, 0) is 89.7 Å². The summed E-state index contributed by atoms with van der Waals surface area (Å²) in [6.07, 6.45) is 4.45. The van der Waals surface area contributed by atoms with Crippen molar-refractivity contribution >= 4 is 33.2 Å². The number of rotatable bonds is 4. The summed E-state index contributed by atoms with van der Waals surface area (Å²) in [6.45, 7) is 6.73. The van der Waals surface area contributed by atoms with E-state index in [4.69, 9.17) is 16.2 Å². The Kier molecular flexibility index (Phi) is 13.6. The molecule has 0 aliphatic rings. The van der Waals surface area contributed by atoms with Crippen LogP contribution >= 0.6 is 0 Å². The zero-order valence-electron chi connectivity index (χ0n) is 25.2. The minimum Gasteiger partial charge on any atom is -0.507 e. The molecule has 1 radical (unpaired) electrons. The predicted octanol–water partition coefficient (Wildman–Crippen LogP) is 8.23. The zero-order chi connectivity index (χ0) is 29.2. The predicted molar refractivity (Wildman–Crippen MR) is 176 cm³/mol. The standard InChI is InChI=1S/C17H16N2O.C11H10O.C7H10N2.CH3.V/c1-12-6-7-16(15-5-3-2-4-14(12)15)20-11-13-8-9-19-17(18)10-13;1-8-6-7-11(12)10-5-3-2-4-9(8)10;1-2-6-3-4-9-7(8)5-6;;/h2-10H,11H2,1H3,(H2,18,19);2-7,12H,1H3;3-5H,2H2,1H3,(H2,8,9);1H3;/q;;;-1;. The van der Waals surface area contributed by atoms with Gasteiger partial charge in [-0.3, -0.25) is 0 Å². The van der Waals surface area contributed by atoms with Gasteiger partial charge in [0.2, 0.25) is 0 Å². The van der Waals surface area contributed by atoms with E-state index < -0.39 is 0 Å². The van der Waals surface area contributed by atoms with Gasteiger partial charge in [0.1, 0.15) is 29.7 Å². The fourth-order valence-corrected chi connectivity index (χ4v) is 4.44. The maximum atomic E-state index is 9.50. The number of hydrogen-bond acceptors (Lipinski definition) is 6. The number of nitrogens with two attached hydrogens (primary N) is 2. The third kappa shape index (κ3) is 9.50. The molecule has 7 heteroatoms. The van der Waals surface area contributed by atoms with Gasteiger partial charge in [-0.2, -0.15) is 0 Å². The van der Waals surface area contributed by atoms with Crippen LogP contribution in [0.2, 0.25) is 0 Å². The molecule has 0 fully saturated rings. The zero-order valence-corrected chi connectivity index (χ0v) is 26.6. The third-order valence-electron chi connectivity index (χ3n) is 6.71. The number of nitrogens with zero attached hydrogens (tertiary/aromatic N) is 2. The SMILES string of the molecule is CCc1ccnc(N)c1.Cc1ccc(O)c2ccccc12.Cc1ccc(OCc2ccnc(N)c2)c2ccccc12.[CH3-].[V]. The number of aromatic hydroxyl groups is 1. The number of fused-ring (bicyclic) bond motifs is 2. The molecule has 2 heterocycles. The first-order chi connectivity index (χ1) is 19.9. The van der Waals surface area contributed by atoms with Gasteiger partial charge in [0.15, 0.2) is 0 Å². The van der Waals surface area contributed by atoms with Crippen LogP contribution in [0.25, 0.3) is 21.5 Å². The Bertz CT molecular complexity index is 1720. The average molecular weight is 611 g/mol. The normalized spacial score (nSPS) is 9.84. The fraction of sp³-hybridized carbons (Fsp3) is 0.139. The van der Waals surface area contributed by atoms with E-state index in [0.29, 0.717) is 24.0 Å². The number of aryl methyl sites for hydroxylation is 3. The van der Waals surface area contributed by atoms with Crippen molar-refractivity contribution in [1.29, 1.82) is 0 Å². The van der Waals surface area contributed by atoms with Crippen molar-refractivity contribution in [1.82, 2.24) is 9.97 Å².